The minimum atomic E-state index is -1.01. The van der Waals surface area contributed by atoms with E-state index in [1.165, 1.54) is 0 Å². The fraction of sp³-hybridized carbons (Fsp3) is 0.889. The first-order chi connectivity index (χ1) is 5.66. The van der Waals surface area contributed by atoms with Crippen LogP contribution in [-0.2, 0) is 4.79 Å². The third-order valence-electron chi connectivity index (χ3n) is 1.72. The molecule has 0 aromatic heterocycles. The van der Waals surface area contributed by atoms with Gasteiger partial charge in [-0.1, -0.05) is 0 Å². The minimum Gasteiger partial charge on any atom is -0.387 e. The van der Waals surface area contributed by atoms with Crippen molar-refractivity contribution in [3.63, 3.8) is 0 Å². The molecule has 13 heavy (non-hydrogen) atoms. The van der Waals surface area contributed by atoms with Gasteiger partial charge in [-0.05, 0) is 27.7 Å². The van der Waals surface area contributed by atoms with Gasteiger partial charge in [0.1, 0.15) is 6.29 Å². The van der Waals surface area contributed by atoms with Gasteiger partial charge >= 0.3 is 0 Å². The van der Waals surface area contributed by atoms with E-state index < -0.39 is 17.9 Å². The third kappa shape index (κ3) is 9.43. The Morgan fingerprint density at radius 3 is 1.46 bits per heavy atom. The van der Waals surface area contributed by atoms with Crippen molar-refractivity contribution in [2.45, 2.75) is 45.3 Å². The van der Waals surface area contributed by atoms with Gasteiger partial charge in [0.15, 0.2) is 0 Å². The smallest absolute Gasteiger partial charge is 0.122 e. The Bertz CT molecular complexity index is 121. The zero-order valence-corrected chi connectivity index (χ0v) is 8.67. The number of rotatable bonds is 3. The molecule has 0 bridgehead atoms. The van der Waals surface area contributed by atoms with Gasteiger partial charge in [-0.2, -0.15) is 0 Å². The molecule has 0 amide bonds. The van der Waals surface area contributed by atoms with Gasteiger partial charge in [-0.3, -0.25) is 4.39 Å². The lowest BCUT2D eigenvalue weighted by atomic mass is 9.90. The largest absolute Gasteiger partial charge is 0.387 e. The van der Waals surface area contributed by atoms with Crippen molar-refractivity contribution in [1.82, 2.24) is 0 Å². The highest BCUT2D eigenvalue weighted by atomic mass is 19.1. The lowest BCUT2D eigenvalue weighted by molar-refractivity contribution is -0.108. The van der Waals surface area contributed by atoms with Crippen molar-refractivity contribution in [3.8, 4) is 0 Å². The van der Waals surface area contributed by atoms with E-state index in [9.17, 15) is 4.39 Å². The summed E-state index contributed by atoms with van der Waals surface area (Å²) in [7, 11) is 0. The molecule has 2 N–H and O–H groups in total. The van der Waals surface area contributed by atoms with Crippen molar-refractivity contribution in [2.24, 2.45) is 0 Å². The topological polar surface area (TPSA) is 57.5 Å². The van der Waals surface area contributed by atoms with E-state index in [1.54, 1.807) is 27.7 Å². The normalized spacial score (nSPS) is 11.6. The molecule has 0 aliphatic rings. The molecule has 0 aliphatic carbocycles. The maximum atomic E-state index is 10.8. The predicted molar refractivity (Wildman–Crippen MR) is 49.3 cm³/mol. The summed E-state index contributed by atoms with van der Waals surface area (Å²) >= 11 is 0. The highest BCUT2D eigenvalue weighted by Crippen LogP contribution is 2.19. The molecular weight excluding hydrogens is 175 g/mol. The average Bonchev–Trinajstić information content (AvgIpc) is 1.85. The maximum Gasteiger partial charge on any atom is 0.122 e. The molecule has 0 atom stereocenters. The van der Waals surface area contributed by atoms with Gasteiger partial charge in [0.05, 0.1) is 17.9 Å². The summed E-state index contributed by atoms with van der Waals surface area (Å²) in [5.74, 6) is 0. The van der Waals surface area contributed by atoms with Crippen LogP contribution in [0.25, 0.3) is 0 Å². The van der Waals surface area contributed by atoms with Gasteiger partial charge in [0, 0.05) is 6.42 Å². The second kappa shape index (κ2) is 6.05. The summed E-state index contributed by atoms with van der Waals surface area (Å²) in [6.07, 6.45) is 0.597. The van der Waals surface area contributed by atoms with Crippen molar-refractivity contribution in [1.29, 1.82) is 0 Å². The molecule has 0 unspecified atom stereocenters. The molecule has 4 heteroatoms. The van der Waals surface area contributed by atoms with Crippen molar-refractivity contribution in [2.75, 3.05) is 6.67 Å². The quantitative estimate of drug-likeness (QED) is 0.661. The van der Waals surface area contributed by atoms with E-state index in [0.29, 0.717) is 6.29 Å². The van der Waals surface area contributed by atoms with E-state index in [-0.39, 0.29) is 6.42 Å². The average molecular weight is 194 g/mol. The Balaban J connectivity index is 0. The molecule has 0 saturated carbocycles. The molecule has 0 radical (unpaired) electrons. The Morgan fingerprint density at radius 1 is 1.15 bits per heavy atom. The molecule has 0 spiro atoms. The zero-order valence-electron chi connectivity index (χ0n) is 8.67. The van der Waals surface area contributed by atoms with Crippen LogP contribution < -0.4 is 0 Å². The molecule has 0 heterocycles. The fourth-order valence-corrected chi connectivity index (χ4v) is 0.0445. The molecule has 0 aromatic rings. The molecule has 80 valence electrons. The summed E-state index contributed by atoms with van der Waals surface area (Å²) in [5, 5.41) is 18.2. The van der Waals surface area contributed by atoms with Crippen LogP contribution in [0, 0.1) is 0 Å². The van der Waals surface area contributed by atoms with Gasteiger partial charge in [-0.25, -0.2) is 0 Å². The second-order valence-corrected chi connectivity index (χ2v) is 3.76. The predicted octanol–water partition coefficient (Wildman–Crippen LogP) is 1.07. The molecular formula is C9H19FO3. The maximum absolute atomic E-state index is 10.8. The van der Waals surface area contributed by atoms with Crippen LogP contribution in [0.15, 0.2) is 0 Å². The molecule has 0 saturated heterocycles. The van der Waals surface area contributed by atoms with Gasteiger partial charge in [0.25, 0.3) is 0 Å². The monoisotopic (exact) mass is 194 g/mol. The van der Waals surface area contributed by atoms with Crippen LogP contribution in [0.2, 0.25) is 0 Å². The molecule has 0 aromatic carbocycles. The first-order valence-corrected chi connectivity index (χ1v) is 4.11. The Hall–Kier alpha value is -0.480. The number of carbonyl (C=O) groups is 1. The van der Waals surface area contributed by atoms with Gasteiger partial charge in [0.2, 0.25) is 0 Å². The fourth-order valence-electron chi connectivity index (χ4n) is 0.0445. The zero-order chi connectivity index (χ0) is 11.1. The first kappa shape index (κ1) is 15.0. The Morgan fingerprint density at radius 2 is 1.46 bits per heavy atom. The van der Waals surface area contributed by atoms with Crippen molar-refractivity contribution in [3.05, 3.63) is 0 Å². The van der Waals surface area contributed by atoms with Gasteiger partial charge in [-0.15, -0.1) is 0 Å². The third-order valence-corrected chi connectivity index (χ3v) is 1.72. The SMILES string of the molecule is CC(C)(O)C(C)(C)O.O=CCCF. The van der Waals surface area contributed by atoms with Crippen LogP contribution in [0.1, 0.15) is 34.1 Å². The van der Waals surface area contributed by atoms with E-state index in [0.717, 1.165) is 0 Å². The number of aliphatic hydroxyl groups is 2. The van der Waals surface area contributed by atoms with Crippen LogP contribution in [0.4, 0.5) is 4.39 Å². The summed E-state index contributed by atoms with van der Waals surface area (Å²) in [5.41, 5.74) is -2.01. The Labute approximate surface area is 78.6 Å². The van der Waals surface area contributed by atoms with Crippen molar-refractivity contribution < 1.29 is 19.4 Å². The number of halogens is 1. The lowest BCUT2D eigenvalue weighted by Crippen LogP contribution is -2.44. The van der Waals surface area contributed by atoms with Gasteiger partial charge < -0.3 is 15.0 Å². The first-order valence-electron chi connectivity index (χ1n) is 4.11. The Kier molecular flexibility index (Phi) is 6.98. The van der Waals surface area contributed by atoms with Crippen LogP contribution in [-0.4, -0.2) is 34.4 Å². The second-order valence-electron chi connectivity index (χ2n) is 3.76. The van der Waals surface area contributed by atoms with Crippen LogP contribution in [0.5, 0.6) is 0 Å². The van der Waals surface area contributed by atoms with Crippen molar-refractivity contribution >= 4 is 6.29 Å². The standard InChI is InChI=1S/C6H14O2.C3H5FO/c1-5(2,7)6(3,4)8;4-2-1-3-5/h7-8H,1-4H3;3H,1-2H2. The lowest BCUT2D eigenvalue weighted by Gasteiger charge is -2.31. The molecule has 0 aliphatic heterocycles. The minimum absolute atomic E-state index is 0.0417. The van der Waals surface area contributed by atoms with E-state index >= 15 is 0 Å². The number of hydrogen-bond donors (Lipinski definition) is 2. The highest BCUT2D eigenvalue weighted by Gasteiger charge is 2.31. The van der Waals surface area contributed by atoms with E-state index in [2.05, 4.69) is 0 Å². The number of hydrogen-bond acceptors (Lipinski definition) is 3. The van der Waals surface area contributed by atoms with Crippen LogP contribution in [0.3, 0.4) is 0 Å². The molecule has 3 nitrogen and oxygen atoms in total. The number of carbonyl (C=O) groups excluding carboxylic acids is 1. The summed E-state index contributed by atoms with van der Waals surface area (Å²) < 4.78 is 10.8. The number of aldehydes is 1. The van der Waals surface area contributed by atoms with E-state index in [1.807, 2.05) is 0 Å². The van der Waals surface area contributed by atoms with Crippen LogP contribution >= 0.6 is 0 Å². The number of alkyl halides is 1. The van der Waals surface area contributed by atoms with E-state index in [4.69, 9.17) is 15.0 Å². The summed E-state index contributed by atoms with van der Waals surface area (Å²) in [6, 6.07) is 0. The molecule has 0 rings (SSSR count). The summed E-state index contributed by atoms with van der Waals surface area (Å²) in [4.78, 5) is 9.16. The highest BCUT2D eigenvalue weighted by molar-refractivity contribution is 5.49. The molecule has 0 fully saturated rings. The summed E-state index contributed by atoms with van der Waals surface area (Å²) in [6.45, 7) is 5.78.